The van der Waals surface area contributed by atoms with E-state index in [1.807, 2.05) is 30.9 Å². The number of urea groups is 1. The number of aromatic amines is 1. The summed E-state index contributed by atoms with van der Waals surface area (Å²) >= 11 is 0. The van der Waals surface area contributed by atoms with Crippen molar-refractivity contribution in [1.82, 2.24) is 25.1 Å². The van der Waals surface area contributed by atoms with Crippen molar-refractivity contribution in [2.75, 3.05) is 34.8 Å². The number of nitrogens with one attached hydrogen (secondary N) is 2. The minimum atomic E-state index is -1.25. The van der Waals surface area contributed by atoms with E-state index in [1.54, 1.807) is 0 Å². The topological polar surface area (TPSA) is 140 Å². The predicted molar refractivity (Wildman–Crippen MR) is 106 cm³/mol. The lowest BCUT2D eigenvalue weighted by Gasteiger charge is -2.24. The molecule has 1 aliphatic rings. The third-order valence-corrected chi connectivity index (χ3v) is 4.76. The summed E-state index contributed by atoms with van der Waals surface area (Å²) in [6, 6.07) is 3.21. The number of carbonyl (C=O) groups excluding carboxylic acids is 1. The van der Waals surface area contributed by atoms with Gasteiger partial charge >= 0.3 is 12.0 Å². The Hall–Kier alpha value is -3.76. The second-order valence-electron chi connectivity index (χ2n) is 6.64. The Balaban J connectivity index is 1.70. The van der Waals surface area contributed by atoms with Crippen molar-refractivity contribution < 1.29 is 14.7 Å². The van der Waals surface area contributed by atoms with Crippen LogP contribution in [-0.4, -0.2) is 61.9 Å². The smallest absolute Gasteiger partial charge is 0.374 e. The van der Waals surface area contributed by atoms with Crippen LogP contribution in [0.2, 0.25) is 0 Å². The lowest BCUT2D eigenvalue weighted by atomic mass is 10.3. The van der Waals surface area contributed by atoms with Gasteiger partial charge in [-0.2, -0.15) is 5.10 Å². The molecule has 11 nitrogen and oxygen atoms in total. The fourth-order valence-corrected chi connectivity index (χ4v) is 3.33. The maximum absolute atomic E-state index is 13.1. The summed E-state index contributed by atoms with van der Waals surface area (Å²) in [4.78, 5) is 40.3. The molecule has 0 fully saturated rings. The normalized spacial score (nSPS) is 13.9. The summed E-state index contributed by atoms with van der Waals surface area (Å²) in [5.74, 6) is -0.990. The first kappa shape index (κ1) is 18.6. The average Bonchev–Trinajstić information content (AvgIpc) is 2.99. The molecule has 3 aromatic rings. The summed E-state index contributed by atoms with van der Waals surface area (Å²) in [7, 11) is 0. The number of anilines is 3. The van der Waals surface area contributed by atoms with Gasteiger partial charge in [0, 0.05) is 25.3 Å². The third kappa shape index (κ3) is 3.42. The number of pyridine rings is 1. The van der Waals surface area contributed by atoms with Gasteiger partial charge in [0.2, 0.25) is 5.82 Å². The van der Waals surface area contributed by atoms with Crippen LogP contribution in [0.4, 0.5) is 22.1 Å². The monoisotopic (exact) mass is 396 g/mol. The number of carboxylic acids is 1. The SMILES string of the molecule is CCN1CCCN(C(=O)Nc2n[nH]c3nc(C)ccc23)c2nc(C(=O)O)ncc21. The first-order valence-corrected chi connectivity index (χ1v) is 9.23. The number of aromatic nitrogens is 5. The van der Waals surface area contributed by atoms with Gasteiger partial charge in [0.1, 0.15) is 0 Å². The van der Waals surface area contributed by atoms with Crippen molar-refractivity contribution in [2.45, 2.75) is 20.3 Å². The summed E-state index contributed by atoms with van der Waals surface area (Å²) in [5, 5.41) is 19.7. The van der Waals surface area contributed by atoms with E-state index in [0.717, 1.165) is 5.69 Å². The van der Waals surface area contributed by atoms with Gasteiger partial charge in [-0.3, -0.25) is 15.3 Å². The molecule has 0 aliphatic carbocycles. The number of carboxylic acid groups (broad SMARTS) is 1. The molecule has 4 heterocycles. The first-order valence-electron chi connectivity index (χ1n) is 9.23. The Morgan fingerprint density at radius 1 is 1.28 bits per heavy atom. The Labute approximate surface area is 165 Å². The van der Waals surface area contributed by atoms with Crippen LogP contribution in [0.25, 0.3) is 11.0 Å². The summed E-state index contributed by atoms with van der Waals surface area (Å²) in [5.41, 5.74) is 2.02. The number of aryl methyl sites for hydroxylation is 1. The van der Waals surface area contributed by atoms with Gasteiger partial charge in [-0.1, -0.05) is 0 Å². The van der Waals surface area contributed by atoms with E-state index >= 15 is 0 Å². The van der Waals surface area contributed by atoms with Crippen molar-refractivity contribution in [1.29, 1.82) is 0 Å². The van der Waals surface area contributed by atoms with Gasteiger partial charge in [0.05, 0.1) is 17.3 Å². The molecule has 11 heteroatoms. The van der Waals surface area contributed by atoms with Crippen LogP contribution < -0.4 is 15.1 Å². The number of nitrogens with zero attached hydrogens (tertiary/aromatic N) is 6. The lowest BCUT2D eigenvalue weighted by molar-refractivity contribution is 0.0683. The van der Waals surface area contributed by atoms with Crippen molar-refractivity contribution in [3.8, 4) is 0 Å². The second kappa shape index (κ2) is 7.34. The van der Waals surface area contributed by atoms with Crippen molar-refractivity contribution in [3.63, 3.8) is 0 Å². The van der Waals surface area contributed by atoms with Gasteiger partial charge < -0.3 is 10.0 Å². The van der Waals surface area contributed by atoms with Crippen LogP contribution in [0, 0.1) is 6.92 Å². The van der Waals surface area contributed by atoms with Crippen LogP contribution in [0.5, 0.6) is 0 Å². The molecule has 29 heavy (non-hydrogen) atoms. The number of hydrogen-bond acceptors (Lipinski definition) is 7. The zero-order valence-corrected chi connectivity index (χ0v) is 16.0. The van der Waals surface area contributed by atoms with E-state index in [-0.39, 0.29) is 11.6 Å². The zero-order chi connectivity index (χ0) is 20.5. The highest BCUT2D eigenvalue weighted by Gasteiger charge is 2.28. The quantitative estimate of drug-likeness (QED) is 0.611. The van der Waals surface area contributed by atoms with Crippen LogP contribution in [-0.2, 0) is 0 Å². The van der Waals surface area contributed by atoms with Gasteiger partial charge in [-0.05, 0) is 32.4 Å². The molecular weight excluding hydrogens is 376 g/mol. The molecule has 0 unspecified atom stereocenters. The molecular formula is C18H20N8O3. The molecule has 0 saturated heterocycles. The first-order chi connectivity index (χ1) is 14.0. The van der Waals surface area contributed by atoms with Crippen LogP contribution in [0.1, 0.15) is 29.7 Å². The molecule has 150 valence electrons. The minimum absolute atomic E-state index is 0.267. The van der Waals surface area contributed by atoms with Crippen LogP contribution in [0.3, 0.4) is 0 Å². The van der Waals surface area contributed by atoms with E-state index in [9.17, 15) is 14.7 Å². The number of rotatable bonds is 3. The molecule has 2 amide bonds. The Morgan fingerprint density at radius 2 is 2.10 bits per heavy atom. The Morgan fingerprint density at radius 3 is 2.86 bits per heavy atom. The zero-order valence-electron chi connectivity index (χ0n) is 16.0. The molecule has 0 aromatic carbocycles. The highest BCUT2D eigenvalue weighted by molar-refractivity contribution is 6.06. The molecule has 0 atom stereocenters. The average molecular weight is 396 g/mol. The maximum atomic E-state index is 13.1. The number of fused-ring (bicyclic) bond motifs is 2. The third-order valence-electron chi connectivity index (χ3n) is 4.76. The van der Waals surface area contributed by atoms with Crippen LogP contribution >= 0.6 is 0 Å². The molecule has 0 spiro atoms. The molecule has 0 saturated carbocycles. The molecule has 1 aliphatic heterocycles. The summed E-state index contributed by atoms with van der Waals surface area (Å²) in [6.45, 7) is 5.62. The predicted octanol–water partition coefficient (Wildman–Crippen LogP) is 2.02. The maximum Gasteiger partial charge on any atom is 0.374 e. The number of amides is 2. The highest BCUT2D eigenvalue weighted by Crippen LogP contribution is 2.30. The number of carbonyl (C=O) groups is 2. The number of H-pyrrole nitrogens is 1. The van der Waals surface area contributed by atoms with Gasteiger partial charge in [-0.25, -0.2) is 24.5 Å². The number of aromatic carboxylic acids is 1. The molecule has 0 bridgehead atoms. The summed E-state index contributed by atoms with van der Waals surface area (Å²) in [6.07, 6.45) is 2.15. The molecule has 0 radical (unpaired) electrons. The van der Waals surface area contributed by atoms with Gasteiger partial charge in [-0.15, -0.1) is 0 Å². The second-order valence-corrected chi connectivity index (χ2v) is 6.64. The standard InChI is InChI=1S/C18H20N8O3/c1-3-25-7-4-8-26(16-12(25)9-19-15(21-16)17(27)28)18(29)22-14-11-6-5-10(2)20-13(11)23-24-14/h5-6,9H,3-4,7-8H2,1-2H3,(H,27,28)(H2,20,22,23,24,29). The van der Waals surface area contributed by atoms with E-state index in [2.05, 4.69) is 30.5 Å². The minimum Gasteiger partial charge on any atom is -0.475 e. The summed E-state index contributed by atoms with van der Waals surface area (Å²) < 4.78 is 0. The molecule has 3 N–H and O–H groups in total. The fraction of sp³-hybridized carbons (Fsp3) is 0.333. The fourth-order valence-electron chi connectivity index (χ4n) is 3.33. The van der Waals surface area contributed by atoms with E-state index in [1.165, 1.54) is 11.1 Å². The van der Waals surface area contributed by atoms with Crippen molar-refractivity contribution in [2.24, 2.45) is 0 Å². The Bertz CT molecular complexity index is 1100. The van der Waals surface area contributed by atoms with Gasteiger partial charge in [0.15, 0.2) is 17.3 Å². The largest absolute Gasteiger partial charge is 0.475 e. The molecule has 4 rings (SSSR count). The highest BCUT2D eigenvalue weighted by atomic mass is 16.4. The van der Waals surface area contributed by atoms with Gasteiger partial charge in [0.25, 0.3) is 0 Å². The van der Waals surface area contributed by atoms with Crippen molar-refractivity contribution in [3.05, 3.63) is 29.8 Å². The van der Waals surface area contributed by atoms with E-state index < -0.39 is 12.0 Å². The van der Waals surface area contributed by atoms with E-state index in [0.29, 0.717) is 48.6 Å². The Kier molecular flexibility index (Phi) is 4.71. The van der Waals surface area contributed by atoms with E-state index in [4.69, 9.17) is 0 Å². The number of hydrogen-bond donors (Lipinski definition) is 3. The van der Waals surface area contributed by atoms with Crippen molar-refractivity contribution >= 4 is 40.4 Å². The lowest BCUT2D eigenvalue weighted by Crippen LogP contribution is -2.36. The molecule has 3 aromatic heterocycles. The van der Waals surface area contributed by atoms with Crippen LogP contribution in [0.15, 0.2) is 18.3 Å².